The molecule has 0 aliphatic carbocycles. The normalized spacial score (nSPS) is 12.4. The number of alkyl halides is 3. The Bertz CT molecular complexity index is 1010. The molecule has 0 aromatic heterocycles. The van der Waals surface area contributed by atoms with Gasteiger partial charge in [0.05, 0.1) is 12.0 Å². The molecule has 3 aromatic rings. The number of rotatable bonds is 7. The second-order valence-electron chi connectivity index (χ2n) is 7.10. The van der Waals surface area contributed by atoms with E-state index < -0.39 is 17.7 Å². The lowest BCUT2D eigenvalue weighted by Gasteiger charge is -2.14. The molecular weight excluding hydrogens is 393 g/mol. The van der Waals surface area contributed by atoms with Crippen molar-refractivity contribution in [3.8, 4) is 16.9 Å². The van der Waals surface area contributed by atoms with Crippen molar-refractivity contribution in [2.24, 2.45) is 0 Å². The number of hydrogen-bond donors (Lipinski definition) is 1. The lowest BCUT2D eigenvalue weighted by molar-refractivity contribution is -0.138. The molecule has 0 heterocycles. The summed E-state index contributed by atoms with van der Waals surface area (Å²) in [5.74, 6) is -0.362. The van der Waals surface area contributed by atoms with Crippen LogP contribution in [0, 0.1) is 0 Å². The summed E-state index contributed by atoms with van der Waals surface area (Å²) in [6, 6.07) is 19.5. The molecule has 0 bridgehead atoms. The van der Waals surface area contributed by atoms with Crippen molar-refractivity contribution in [1.82, 2.24) is 0 Å². The van der Waals surface area contributed by atoms with E-state index in [4.69, 9.17) is 9.84 Å². The van der Waals surface area contributed by atoms with E-state index in [0.717, 1.165) is 17.2 Å². The van der Waals surface area contributed by atoms with Crippen LogP contribution in [0.3, 0.4) is 0 Å². The van der Waals surface area contributed by atoms with E-state index in [2.05, 4.69) is 0 Å². The molecule has 156 valence electrons. The number of carboxylic acids is 1. The van der Waals surface area contributed by atoms with E-state index in [1.807, 2.05) is 19.1 Å². The Balaban J connectivity index is 1.72. The third-order valence-corrected chi connectivity index (χ3v) is 4.81. The van der Waals surface area contributed by atoms with Crippen molar-refractivity contribution < 1.29 is 27.8 Å². The van der Waals surface area contributed by atoms with Gasteiger partial charge in [-0.05, 0) is 52.4 Å². The maximum absolute atomic E-state index is 13.3. The van der Waals surface area contributed by atoms with Crippen molar-refractivity contribution in [3.05, 3.63) is 89.5 Å². The summed E-state index contributed by atoms with van der Waals surface area (Å²) in [5.41, 5.74) is 1.57. The topological polar surface area (TPSA) is 46.5 Å². The average molecular weight is 414 g/mol. The second kappa shape index (κ2) is 9.03. The van der Waals surface area contributed by atoms with Crippen LogP contribution in [0.25, 0.3) is 11.1 Å². The highest BCUT2D eigenvalue weighted by molar-refractivity contribution is 5.69. The first-order valence-corrected chi connectivity index (χ1v) is 9.44. The predicted octanol–water partition coefficient (Wildman–Crippen LogP) is 6.53. The largest absolute Gasteiger partial charge is 0.489 e. The van der Waals surface area contributed by atoms with E-state index >= 15 is 0 Å². The van der Waals surface area contributed by atoms with Gasteiger partial charge in [-0.15, -0.1) is 0 Å². The smallest absolute Gasteiger partial charge is 0.417 e. The molecule has 0 saturated heterocycles. The summed E-state index contributed by atoms with van der Waals surface area (Å²) in [6.45, 7) is 2.04. The Kier molecular flexibility index (Phi) is 6.45. The van der Waals surface area contributed by atoms with Crippen LogP contribution in [0.5, 0.6) is 5.75 Å². The molecule has 0 aliphatic rings. The van der Waals surface area contributed by atoms with Crippen LogP contribution in [0.1, 0.15) is 36.0 Å². The van der Waals surface area contributed by atoms with E-state index in [1.165, 1.54) is 12.1 Å². The van der Waals surface area contributed by atoms with Gasteiger partial charge in [0.2, 0.25) is 0 Å². The number of carbonyl (C=O) groups is 1. The number of aliphatic carboxylic acids is 1. The fourth-order valence-electron chi connectivity index (χ4n) is 3.25. The minimum atomic E-state index is -4.43. The standard InChI is InChI=1S/C24H21F3O3/c1-16(13-23(28)29)18-9-11-20(12-10-18)30-15-17-5-4-6-19(14-17)21-7-2-3-8-22(21)24(25,26)27/h2-12,14,16H,13,15H2,1H3,(H,28,29). The summed E-state index contributed by atoms with van der Waals surface area (Å²) >= 11 is 0. The van der Waals surface area contributed by atoms with Gasteiger partial charge in [0.1, 0.15) is 12.4 Å². The number of halogens is 3. The summed E-state index contributed by atoms with van der Waals surface area (Å²) in [5, 5.41) is 8.89. The van der Waals surface area contributed by atoms with E-state index in [0.29, 0.717) is 11.3 Å². The number of ether oxygens (including phenoxy) is 1. The molecule has 1 N–H and O–H groups in total. The summed E-state index contributed by atoms with van der Waals surface area (Å²) in [7, 11) is 0. The molecule has 0 fully saturated rings. The lowest BCUT2D eigenvalue weighted by Crippen LogP contribution is -2.07. The third-order valence-electron chi connectivity index (χ3n) is 4.81. The van der Waals surface area contributed by atoms with Crippen molar-refractivity contribution in [3.63, 3.8) is 0 Å². The highest BCUT2D eigenvalue weighted by atomic mass is 19.4. The summed E-state index contributed by atoms with van der Waals surface area (Å²) < 4.78 is 45.7. The minimum absolute atomic E-state index is 0.0480. The van der Waals surface area contributed by atoms with Crippen LogP contribution in [0.15, 0.2) is 72.8 Å². The van der Waals surface area contributed by atoms with Crippen LogP contribution >= 0.6 is 0 Å². The Hall–Kier alpha value is -3.28. The van der Waals surface area contributed by atoms with Crippen molar-refractivity contribution in [2.45, 2.75) is 32.0 Å². The summed E-state index contributed by atoms with van der Waals surface area (Å²) in [4.78, 5) is 10.8. The molecule has 3 nitrogen and oxygen atoms in total. The first kappa shape index (κ1) is 21.4. The molecule has 6 heteroatoms. The molecule has 0 spiro atoms. The quantitative estimate of drug-likeness (QED) is 0.478. The SMILES string of the molecule is CC(CC(=O)O)c1ccc(OCc2cccc(-c3ccccc3C(F)(F)F)c2)cc1. The third kappa shape index (κ3) is 5.41. The first-order valence-electron chi connectivity index (χ1n) is 9.44. The Morgan fingerprint density at radius 3 is 2.37 bits per heavy atom. The van der Waals surface area contributed by atoms with Crippen LogP contribution in [0.2, 0.25) is 0 Å². The zero-order valence-electron chi connectivity index (χ0n) is 16.3. The van der Waals surface area contributed by atoms with E-state index in [9.17, 15) is 18.0 Å². The van der Waals surface area contributed by atoms with Crippen LogP contribution in [0.4, 0.5) is 13.2 Å². The van der Waals surface area contributed by atoms with Gasteiger partial charge in [0.15, 0.2) is 0 Å². The number of benzene rings is 3. The highest BCUT2D eigenvalue weighted by Gasteiger charge is 2.33. The molecule has 3 rings (SSSR count). The fourth-order valence-corrected chi connectivity index (χ4v) is 3.25. The maximum atomic E-state index is 13.3. The fraction of sp³-hybridized carbons (Fsp3) is 0.208. The summed E-state index contributed by atoms with van der Waals surface area (Å²) in [6.07, 6.45) is -4.38. The molecule has 1 atom stereocenters. The monoisotopic (exact) mass is 414 g/mol. The molecule has 0 aliphatic heterocycles. The molecule has 30 heavy (non-hydrogen) atoms. The van der Waals surface area contributed by atoms with E-state index in [-0.39, 0.29) is 24.5 Å². The molecule has 0 saturated carbocycles. The Morgan fingerprint density at radius 2 is 1.70 bits per heavy atom. The molecule has 3 aromatic carbocycles. The molecule has 1 unspecified atom stereocenters. The van der Waals surface area contributed by atoms with Crippen molar-refractivity contribution >= 4 is 5.97 Å². The van der Waals surface area contributed by atoms with Crippen LogP contribution < -0.4 is 4.74 Å². The molecular formula is C24H21F3O3. The van der Waals surface area contributed by atoms with Crippen LogP contribution in [-0.2, 0) is 17.6 Å². The van der Waals surface area contributed by atoms with Crippen molar-refractivity contribution in [1.29, 1.82) is 0 Å². The van der Waals surface area contributed by atoms with Gasteiger partial charge in [0, 0.05) is 0 Å². The molecule has 0 amide bonds. The number of hydrogen-bond acceptors (Lipinski definition) is 2. The lowest BCUT2D eigenvalue weighted by atomic mass is 9.98. The predicted molar refractivity (Wildman–Crippen MR) is 108 cm³/mol. The molecule has 0 radical (unpaired) electrons. The maximum Gasteiger partial charge on any atom is 0.417 e. The zero-order chi connectivity index (χ0) is 21.7. The number of carboxylic acid groups (broad SMARTS) is 1. The van der Waals surface area contributed by atoms with Gasteiger partial charge in [-0.1, -0.05) is 55.5 Å². The van der Waals surface area contributed by atoms with E-state index in [1.54, 1.807) is 42.5 Å². The minimum Gasteiger partial charge on any atom is -0.489 e. The Labute approximate surface area is 172 Å². The van der Waals surface area contributed by atoms with Gasteiger partial charge in [-0.3, -0.25) is 4.79 Å². The van der Waals surface area contributed by atoms with Gasteiger partial charge >= 0.3 is 12.1 Å². The second-order valence-corrected chi connectivity index (χ2v) is 7.10. The van der Waals surface area contributed by atoms with Gasteiger partial charge in [-0.25, -0.2) is 0 Å². The van der Waals surface area contributed by atoms with Gasteiger partial charge in [0.25, 0.3) is 0 Å². The van der Waals surface area contributed by atoms with Crippen LogP contribution in [-0.4, -0.2) is 11.1 Å². The zero-order valence-corrected chi connectivity index (χ0v) is 16.3. The van der Waals surface area contributed by atoms with Crippen molar-refractivity contribution in [2.75, 3.05) is 0 Å². The average Bonchev–Trinajstić information content (AvgIpc) is 2.72. The first-order chi connectivity index (χ1) is 14.2. The highest BCUT2D eigenvalue weighted by Crippen LogP contribution is 2.37. The van der Waals surface area contributed by atoms with Gasteiger partial charge in [-0.2, -0.15) is 13.2 Å². The van der Waals surface area contributed by atoms with Gasteiger partial charge < -0.3 is 9.84 Å². The Morgan fingerprint density at radius 1 is 1.00 bits per heavy atom.